The highest BCUT2D eigenvalue weighted by molar-refractivity contribution is 5.98. The van der Waals surface area contributed by atoms with Gasteiger partial charge in [0.15, 0.2) is 5.82 Å². The number of hydrogen-bond donors (Lipinski definition) is 1. The van der Waals surface area contributed by atoms with E-state index < -0.39 is 6.04 Å². The molecule has 0 unspecified atom stereocenters. The Morgan fingerprint density at radius 3 is 3.04 bits per heavy atom. The number of nitrogens with zero attached hydrogens (tertiary/aromatic N) is 4. The summed E-state index contributed by atoms with van der Waals surface area (Å²) in [5.41, 5.74) is 0.513. The van der Waals surface area contributed by atoms with E-state index in [4.69, 9.17) is 0 Å². The molecule has 2 amide bonds. The molecule has 120 valence electrons. The standard InChI is InChI=1S/C16H19N5O2/c1-2-13-15(22)18-6-3-9-20(13)16(23)12-5-8-17-14(11-12)21-10-4-7-19-21/h4-5,7-8,10-11,13H,2-3,6,9H2,1H3,(H,18,22)/t13-/m1/s1. The first-order valence-electron chi connectivity index (χ1n) is 7.75. The molecule has 3 heterocycles. The van der Waals surface area contributed by atoms with Crippen LogP contribution in [-0.4, -0.2) is 50.6 Å². The average molecular weight is 313 g/mol. The van der Waals surface area contributed by atoms with Gasteiger partial charge >= 0.3 is 0 Å². The van der Waals surface area contributed by atoms with Crippen LogP contribution in [0.15, 0.2) is 36.8 Å². The van der Waals surface area contributed by atoms with Crippen molar-refractivity contribution < 1.29 is 9.59 Å². The summed E-state index contributed by atoms with van der Waals surface area (Å²) >= 11 is 0. The molecule has 1 fully saturated rings. The van der Waals surface area contributed by atoms with Crippen LogP contribution in [0.5, 0.6) is 0 Å². The third kappa shape index (κ3) is 3.08. The van der Waals surface area contributed by atoms with Gasteiger partial charge < -0.3 is 10.2 Å². The molecule has 3 rings (SSSR count). The summed E-state index contributed by atoms with van der Waals surface area (Å²) in [6.45, 7) is 3.08. The zero-order valence-corrected chi connectivity index (χ0v) is 13.0. The number of carbonyl (C=O) groups is 2. The Morgan fingerprint density at radius 2 is 2.30 bits per heavy atom. The van der Waals surface area contributed by atoms with Crippen molar-refractivity contribution in [1.82, 2.24) is 25.0 Å². The molecular weight excluding hydrogens is 294 g/mol. The van der Waals surface area contributed by atoms with Gasteiger partial charge in [-0.25, -0.2) is 9.67 Å². The Hall–Kier alpha value is -2.70. The van der Waals surface area contributed by atoms with E-state index in [1.807, 2.05) is 6.92 Å². The summed E-state index contributed by atoms with van der Waals surface area (Å²) in [5.74, 6) is 0.345. The van der Waals surface area contributed by atoms with Crippen molar-refractivity contribution in [1.29, 1.82) is 0 Å². The maximum atomic E-state index is 12.9. The number of rotatable bonds is 3. The van der Waals surface area contributed by atoms with Crippen LogP contribution >= 0.6 is 0 Å². The minimum atomic E-state index is -0.425. The van der Waals surface area contributed by atoms with Gasteiger partial charge in [0, 0.05) is 37.2 Å². The number of nitrogens with one attached hydrogen (secondary N) is 1. The fourth-order valence-corrected chi connectivity index (χ4v) is 2.77. The van der Waals surface area contributed by atoms with Gasteiger partial charge in [0.25, 0.3) is 5.91 Å². The molecule has 0 aliphatic carbocycles. The Labute approximate surface area is 134 Å². The van der Waals surface area contributed by atoms with E-state index in [1.54, 1.807) is 46.4 Å². The van der Waals surface area contributed by atoms with Gasteiger partial charge in [-0.2, -0.15) is 5.10 Å². The molecule has 1 aliphatic rings. The van der Waals surface area contributed by atoms with Crippen molar-refractivity contribution in [2.45, 2.75) is 25.8 Å². The fraction of sp³-hybridized carbons (Fsp3) is 0.375. The molecule has 2 aromatic heterocycles. The SMILES string of the molecule is CC[C@@H]1C(=O)NCCCN1C(=O)c1ccnc(-n2cccn2)c1. The maximum Gasteiger partial charge on any atom is 0.254 e. The quantitative estimate of drug-likeness (QED) is 0.917. The van der Waals surface area contributed by atoms with Crippen LogP contribution in [0.4, 0.5) is 0 Å². The highest BCUT2D eigenvalue weighted by Crippen LogP contribution is 2.15. The fourth-order valence-electron chi connectivity index (χ4n) is 2.77. The molecule has 1 aliphatic heterocycles. The van der Waals surface area contributed by atoms with Crippen molar-refractivity contribution in [2.24, 2.45) is 0 Å². The lowest BCUT2D eigenvalue weighted by atomic mass is 10.1. The van der Waals surface area contributed by atoms with Crippen LogP contribution in [0.3, 0.4) is 0 Å². The molecule has 2 aromatic rings. The largest absolute Gasteiger partial charge is 0.354 e. The third-order valence-corrected chi connectivity index (χ3v) is 3.93. The predicted octanol–water partition coefficient (Wildman–Crippen LogP) is 1.01. The van der Waals surface area contributed by atoms with E-state index >= 15 is 0 Å². The van der Waals surface area contributed by atoms with Crippen LogP contribution < -0.4 is 5.32 Å². The van der Waals surface area contributed by atoms with Crippen molar-refractivity contribution in [3.8, 4) is 5.82 Å². The van der Waals surface area contributed by atoms with Crippen molar-refractivity contribution in [3.63, 3.8) is 0 Å². The van der Waals surface area contributed by atoms with E-state index in [2.05, 4.69) is 15.4 Å². The lowest BCUT2D eigenvalue weighted by Crippen LogP contribution is -2.46. The highest BCUT2D eigenvalue weighted by Gasteiger charge is 2.30. The highest BCUT2D eigenvalue weighted by atomic mass is 16.2. The lowest BCUT2D eigenvalue weighted by molar-refractivity contribution is -0.124. The van der Waals surface area contributed by atoms with Crippen LogP contribution in [0, 0.1) is 0 Å². The summed E-state index contributed by atoms with van der Waals surface area (Å²) in [6, 6.07) is 4.74. The Bertz CT molecular complexity index is 698. The average Bonchev–Trinajstić information content (AvgIpc) is 3.05. The topological polar surface area (TPSA) is 80.1 Å². The van der Waals surface area contributed by atoms with Gasteiger partial charge in [-0.1, -0.05) is 6.92 Å². The zero-order chi connectivity index (χ0) is 16.2. The Morgan fingerprint density at radius 1 is 1.43 bits per heavy atom. The Kier molecular flexibility index (Phi) is 4.36. The summed E-state index contributed by atoms with van der Waals surface area (Å²) < 4.78 is 1.60. The first kappa shape index (κ1) is 15.2. The predicted molar refractivity (Wildman–Crippen MR) is 84.1 cm³/mol. The van der Waals surface area contributed by atoms with Gasteiger partial charge in [-0.05, 0) is 31.0 Å². The van der Waals surface area contributed by atoms with E-state index in [1.165, 1.54) is 0 Å². The number of amides is 2. The summed E-state index contributed by atoms with van der Waals surface area (Å²) in [7, 11) is 0. The second-order valence-corrected chi connectivity index (χ2v) is 5.42. The van der Waals surface area contributed by atoms with Gasteiger partial charge in [-0.15, -0.1) is 0 Å². The second-order valence-electron chi connectivity index (χ2n) is 5.42. The van der Waals surface area contributed by atoms with Crippen molar-refractivity contribution >= 4 is 11.8 Å². The number of carbonyl (C=O) groups excluding carboxylic acids is 2. The van der Waals surface area contributed by atoms with E-state index in [9.17, 15) is 9.59 Å². The minimum Gasteiger partial charge on any atom is -0.354 e. The van der Waals surface area contributed by atoms with Crippen molar-refractivity contribution in [2.75, 3.05) is 13.1 Å². The number of aromatic nitrogens is 3. The van der Waals surface area contributed by atoms with Gasteiger partial charge in [0.2, 0.25) is 5.91 Å². The molecule has 0 spiro atoms. The van der Waals surface area contributed by atoms with Crippen LogP contribution in [-0.2, 0) is 4.79 Å². The smallest absolute Gasteiger partial charge is 0.254 e. The van der Waals surface area contributed by atoms with E-state index in [-0.39, 0.29) is 11.8 Å². The summed E-state index contributed by atoms with van der Waals surface area (Å²) in [6.07, 6.45) is 6.36. The normalized spacial score (nSPS) is 18.4. The van der Waals surface area contributed by atoms with E-state index in [0.29, 0.717) is 30.9 Å². The molecule has 1 atom stereocenters. The lowest BCUT2D eigenvalue weighted by Gasteiger charge is -2.27. The molecule has 1 N–H and O–H groups in total. The summed E-state index contributed by atoms with van der Waals surface area (Å²) in [5, 5.41) is 6.98. The van der Waals surface area contributed by atoms with Gasteiger partial charge in [0.1, 0.15) is 6.04 Å². The third-order valence-electron chi connectivity index (χ3n) is 3.93. The number of pyridine rings is 1. The maximum absolute atomic E-state index is 12.9. The number of hydrogen-bond acceptors (Lipinski definition) is 4. The molecule has 0 aromatic carbocycles. The molecular formula is C16H19N5O2. The molecule has 23 heavy (non-hydrogen) atoms. The Balaban J connectivity index is 1.89. The monoisotopic (exact) mass is 313 g/mol. The molecule has 0 bridgehead atoms. The van der Waals surface area contributed by atoms with E-state index in [0.717, 1.165) is 6.42 Å². The zero-order valence-electron chi connectivity index (χ0n) is 13.0. The second kappa shape index (κ2) is 6.60. The minimum absolute atomic E-state index is 0.0836. The summed E-state index contributed by atoms with van der Waals surface area (Å²) in [4.78, 5) is 30.9. The molecule has 1 saturated heterocycles. The first-order chi connectivity index (χ1) is 11.2. The molecule has 0 radical (unpaired) electrons. The molecule has 7 nitrogen and oxygen atoms in total. The van der Waals surface area contributed by atoms with Crippen LogP contribution in [0.1, 0.15) is 30.1 Å². The van der Waals surface area contributed by atoms with Gasteiger partial charge in [-0.3, -0.25) is 9.59 Å². The molecule has 7 heteroatoms. The van der Waals surface area contributed by atoms with Crippen LogP contribution in [0.2, 0.25) is 0 Å². The van der Waals surface area contributed by atoms with Crippen molar-refractivity contribution in [3.05, 3.63) is 42.4 Å². The van der Waals surface area contributed by atoms with Gasteiger partial charge in [0.05, 0.1) is 0 Å². The van der Waals surface area contributed by atoms with Crippen LogP contribution in [0.25, 0.3) is 5.82 Å². The molecule has 0 saturated carbocycles. The first-order valence-corrected chi connectivity index (χ1v) is 7.75.